The quantitative estimate of drug-likeness (QED) is 0.629. The summed E-state index contributed by atoms with van der Waals surface area (Å²) in [7, 11) is 1.90. The lowest BCUT2D eigenvalue weighted by Gasteiger charge is -2.20. The van der Waals surface area contributed by atoms with E-state index >= 15 is 0 Å². The first-order valence-electron chi connectivity index (χ1n) is 7.95. The fourth-order valence-electron chi connectivity index (χ4n) is 2.30. The zero-order valence-electron chi connectivity index (χ0n) is 14.1. The average molecular weight is 345 g/mol. The van der Waals surface area contributed by atoms with Crippen molar-refractivity contribution in [3.05, 3.63) is 53.7 Å². The normalized spacial score (nSPS) is 12.1. The number of carboxylic acids is 1. The molecule has 0 fully saturated rings. The van der Waals surface area contributed by atoms with Gasteiger partial charge < -0.3 is 25.6 Å². The van der Waals surface area contributed by atoms with Crippen LogP contribution in [0.15, 0.2) is 42.6 Å². The molecule has 0 unspecified atom stereocenters. The second-order valence-corrected chi connectivity index (χ2v) is 5.86. The molecule has 7 heteroatoms. The molecule has 2 rings (SSSR count). The van der Waals surface area contributed by atoms with Crippen molar-refractivity contribution in [2.45, 2.75) is 12.5 Å². The van der Waals surface area contributed by atoms with Crippen molar-refractivity contribution in [3.8, 4) is 5.75 Å². The standard InChI is InChI=1S/C18H23N3O4/c1-21(12-16(22)14-4-7-17(19)20-11-14)8-9-25-15-5-2-13(3-6-15)10-18(23)24/h2-7,11,16,22H,8-10,12H2,1H3,(H2,19,20)(H,23,24)/t16-/m0/s1. The SMILES string of the molecule is CN(CCOc1ccc(CC(=O)O)cc1)C[C@H](O)c1ccc(N)nc1. The summed E-state index contributed by atoms with van der Waals surface area (Å²) in [5, 5.41) is 18.9. The lowest BCUT2D eigenvalue weighted by Crippen LogP contribution is -2.29. The van der Waals surface area contributed by atoms with Crippen LogP contribution in [0.25, 0.3) is 0 Å². The third-order valence-electron chi connectivity index (χ3n) is 3.70. The Hall–Kier alpha value is -2.64. The maximum Gasteiger partial charge on any atom is 0.307 e. The predicted octanol–water partition coefficient (Wildman–Crippen LogP) is 1.34. The topological polar surface area (TPSA) is 109 Å². The van der Waals surface area contributed by atoms with E-state index in [2.05, 4.69) is 4.98 Å². The maximum atomic E-state index is 10.6. The molecule has 0 amide bonds. The molecule has 2 aromatic rings. The van der Waals surface area contributed by atoms with Crippen LogP contribution in [0.1, 0.15) is 17.2 Å². The van der Waals surface area contributed by atoms with Gasteiger partial charge in [0, 0.05) is 24.8 Å². The van der Waals surface area contributed by atoms with Gasteiger partial charge in [0.05, 0.1) is 12.5 Å². The third kappa shape index (κ3) is 6.40. The van der Waals surface area contributed by atoms with Gasteiger partial charge in [-0.2, -0.15) is 0 Å². The van der Waals surface area contributed by atoms with Crippen molar-refractivity contribution >= 4 is 11.8 Å². The molecule has 0 aliphatic rings. The van der Waals surface area contributed by atoms with Gasteiger partial charge in [0.2, 0.25) is 0 Å². The Morgan fingerprint density at radius 2 is 2.00 bits per heavy atom. The molecule has 1 aromatic heterocycles. The molecule has 0 aliphatic carbocycles. The van der Waals surface area contributed by atoms with Gasteiger partial charge in [0.15, 0.2) is 0 Å². The summed E-state index contributed by atoms with van der Waals surface area (Å²) >= 11 is 0. The second-order valence-electron chi connectivity index (χ2n) is 5.86. The number of hydrogen-bond donors (Lipinski definition) is 3. The summed E-state index contributed by atoms with van der Waals surface area (Å²) in [4.78, 5) is 16.6. The van der Waals surface area contributed by atoms with E-state index < -0.39 is 12.1 Å². The van der Waals surface area contributed by atoms with E-state index in [1.807, 2.05) is 11.9 Å². The van der Waals surface area contributed by atoms with Gasteiger partial charge in [-0.05, 0) is 30.8 Å². The van der Waals surface area contributed by atoms with Crippen LogP contribution in [0.4, 0.5) is 5.82 Å². The number of rotatable bonds is 9. The number of carboxylic acid groups (broad SMARTS) is 1. The van der Waals surface area contributed by atoms with Crippen LogP contribution in [-0.4, -0.2) is 52.8 Å². The fraction of sp³-hybridized carbons (Fsp3) is 0.333. The van der Waals surface area contributed by atoms with E-state index in [4.69, 9.17) is 15.6 Å². The summed E-state index contributed by atoms with van der Waals surface area (Å²) in [6.45, 7) is 1.55. The van der Waals surface area contributed by atoms with E-state index in [1.165, 1.54) is 0 Å². The van der Waals surface area contributed by atoms with Crippen molar-refractivity contribution < 1.29 is 19.7 Å². The van der Waals surface area contributed by atoms with Gasteiger partial charge in [-0.3, -0.25) is 4.79 Å². The number of likely N-dealkylation sites (N-methyl/N-ethyl adjacent to an activating group) is 1. The minimum Gasteiger partial charge on any atom is -0.492 e. The fourth-order valence-corrected chi connectivity index (χ4v) is 2.30. The Bertz CT molecular complexity index is 674. The second kappa shape index (κ2) is 9.00. The highest BCUT2D eigenvalue weighted by Gasteiger charge is 2.11. The first kappa shape index (κ1) is 18.7. The zero-order valence-corrected chi connectivity index (χ0v) is 14.1. The highest BCUT2D eigenvalue weighted by molar-refractivity contribution is 5.70. The molecule has 1 heterocycles. The maximum absolute atomic E-state index is 10.6. The number of aliphatic carboxylic acids is 1. The van der Waals surface area contributed by atoms with Crippen LogP contribution in [0, 0.1) is 0 Å². The van der Waals surface area contributed by atoms with Gasteiger partial charge in [0.1, 0.15) is 18.2 Å². The Labute approximate surface area is 146 Å². The number of benzene rings is 1. The molecule has 25 heavy (non-hydrogen) atoms. The third-order valence-corrected chi connectivity index (χ3v) is 3.70. The molecule has 0 saturated carbocycles. The summed E-state index contributed by atoms with van der Waals surface area (Å²) in [6, 6.07) is 10.4. The minimum absolute atomic E-state index is 0.000892. The molecule has 0 radical (unpaired) electrons. The van der Waals surface area contributed by atoms with Crippen LogP contribution in [0.3, 0.4) is 0 Å². The molecule has 0 saturated heterocycles. The highest BCUT2D eigenvalue weighted by atomic mass is 16.5. The van der Waals surface area contributed by atoms with Gasteiger partial charge >= 0.3 is 5.97 Å². The van der Waals surface area contributed by atoms with Crippen LogP contribution < -0.4 is 10.5 Å². The summed E-state index contributed by atoms with van der Waals surface area (Å²) in [5.41, 5.74) is 6.99. The van der Waals surface area contributed by atoms with Crippen LogP contribution >= 0.6 is 0 Å². The monoisotopic (exact) mass is 345 g/mol. The summed E-state index contributed by atoms with van der Waals surface area (Å²) in [5.74, 6) is 0.253. The number of aromatic nitrogens is 1. The first-order valence-corrected chi connectivity index (χ1v) is 7.95. The zero-order chi connectivity index (χ0) is 18.2. The Balaban J connectivity index is 1.73. The number of carbonyl (C=O) groups is 1. The molecular formula is C18H23N3O4. The van der Waals surface area contributed by atoms with Crippen molar-refractivity contribution in [2.24, 2.45) is 0 Å². The Kier molecular flexibility index (Phi) is 6.73. The number of aliphatic hydroxyl groups is 1. The van der Waals surface area contributed by atoms with Crippen molar-refractivity contribution in [1.82, 2.24) is 9.88 Å². The van der Waals surface area contributed by atoms with Gasteiger partial charge in [-0.1, -0.05) is 18.2 Å². The minimum atomic E-state index is -0.856. The molecule has 1 atom stereocenters. The average Bonchev–Trinajstić information content (AvgIpc) is 2.56. The number of aliphatic hydroxyl groups excluding tert-OH is 1. The van der Waals surface area contributed by atoms with Crippen molar-refractivity contribution in [1.29, 1.82) is 0 Å². The van der Waals surface area contributed by atoms with Crippen LogP contribution in [-0.2, 0) is 11.2 Å². The van der Waals surface area contributed by atoms with E-state index in [0.717, 1.165) is 11.1 Å². The number of hydrogen-bond acceptors (Lipinski definition) is 6. The van der Waals surface area contributed by atoms with Crippen LogP contribution in [0.5, 0.6) is 5.75 Å². The number of ether oxygens (including phenoxy) is 1. The number of nitrogens with two attached hydrogens (primary N) is 1. The van der Waals surface area contributed by atoms with Gasteiger partial charge in [-0.15, -0.1) is 0 Å². The van der Waals surface area contributed by atoms with E-state index in [9.17, 15) is 9.90 Å². The highest BCUT2D eigenvalue weighted by Crippen LogP contribution is 2.15. The number of pyridine rings is 1. The first-order chi connectivity index (χ1) is 11.9. The van der Waals surface area contributed by atoms with E-state index in [1.54, 1.807) is 42.6 Å². The molecule has 0 bridgehead atoms. The van der Waals surface area contributed by atoms with Crippen molar-refractivity contribution in [2.75, 3.05) is 32.5 Å². The Morgan fingerprint density at radius 3 is 2.60 bits per heavy atom. The number of nitrogen functional groups attached to an aromatic ring is 1. The Morgan fingerprint density at radius 1 is 1.28 bits per heavy atom. The van der Waals surface area contributed by atoms with Gasteiger partial charge in [0.25, 0.3) is 0 Å². The molecule has 7 nitrogen and oxygen atoms in total. The largest absolute Gasteiger partial charge is 0.492 e. The smallest absolute Gasteiger partial charge is 0.307 e. The molecule has 134 valence electrons. The van der Waals surface area contributed by atoms with Crippen LogP contribution in [0.2, 0.25) is 0 Å². The molecule has 0 aliphatic heterocycles. The lowest BCUT2D eigenvalue weighted by molar-refractivity contribution is -0.136. The number of anilines is 1. The van der Waals surface area contributed by atoms with Gasteiger partial charge in [-0.25, -0.2) is 4.98 Å². The molecule has 4 N–H and O–H groups in total. The molecule has 1 aromatic carbocycles. The summed E-state index contributed by atoms with van der Waals surface area (Å²) in [6.07, 6.45) is 0.928. The van der Waals surface area contributed by atoms with E-state index in [-0.39, 0.29) is 6.42 Å². The summed E-state index contributed by atoms with van der Waals surface area (Å²) < 4.78 is 5.64. The molecular weight excluding hydrogens is 322 g/mol. The van der Waals surface area contributed by atoms with Crippen molar-refractivity contribution in [3.63, 3.8) is 0 Å². The number of nitrogens with zero attached hydrogens (tertiary/aromatic N) is 2. The lowest BCUT2D eigenvalue weighted by atomic mass is 10.1. The molecule has 0 spiro atoms. The van der Waals surface area contributed by atoms with E-state index in [0.29, 0.717) is 31.3 Å². The predicted molar refractivity (Wildman–Crippen MR) is 94.4 cm³/mol.